The number of nitrogens with two attached hydrogens (primary N) is 1. The first-order valence-electron chi connectivity index (χ1n) is 5.44. The van der Waals surface area contributed by atoms with E-state index < -0.39 is 0 Å². The highest BCUT2D eigenvalue weighted by molar-refractivity contribution is 6.06. The number of rotatable bonds is 0. The molecule has 16 heavy (non-hydrogen) atoms. The topological polar surface area (TPSA) is 26.0 Å². The van der Waals surface area contributed by atoms with E-state index in [1.807, 2.05) is 12.1 Å². The number of benzene rings is 3. The van der Waals surface area contributed by atoms with Gasteiger partial charge in [0, 0.05) is 11.1 Å². The van der Waals surface area contributed by atoms with Crippen molar-refractivity contribution >= 4 is 27.2 Å². The molecule has 3 aromatic rings. The van der Waals surface area contributed by atoms with Gasteiger partial charge < -0.3 is 5.73 Å². The maximum Gasteiger partial charge on any atom is 0.0396 e. The molecule has 0 heterocycles. The van der Waals surface area contributed by atoms with Crippen molar-refractivity contribution in [3.63, 3.8) is 0 Å². The van der Waals surface area contributed by atoms with Gasteiger partial charge in [-0.1, -0.05) is 36.4 Å². The van der Waals surface area contributed by atoms with Crippen molar-refractivity contribution in [2.75, 3.05) is 5.73 Å². The number of anilines is 1. The Hall–Kier alpha value is -2.02. The normalized spacial score (nSPS) is 11.1. The molecule has 0 bridgehead atoms. The summed E-state index contributed by atoms with van der Waals surface area (Å²) in [7, 11) is 0. The van der Waals surface area contributed by atoms with Crippen molar-refractivity contribution in [2.45, 2.75) is 6.92 Å². The lowest BCUT2D eigenvalue weighted by molar-refractivity contribution is 1.58. The molecule has 0 amide bonds. The van der Waals surface area contributed by atoms with Crippen LogP contribution >= 0.6 is 0 Å². The molecule has 0 aliphatic heterocycles. The lowest BCUT2D eigenvalue weighted by Crippen LogP contribution is -1.90. The van der Waals surface area contributed by atoms with Crippen LogP contribution in [0.1, 0.15) is 5.56 Å². The quantitative estimate of drug-likeness (QED) is 0.439. The summed E-state index contributed by atoms with van der Waals surface area (Å²) in [5.74, 6) is 0. The summed E-state index contributed by atoms with van der Waals surface area (Å²) in [5, 5.41) is 4.96. The predicted molar refractivity (Wildman–Crippen MR) is 70.6 cm³/mol. The highest BCUT2D eigenvalue weighted by Gasteiger charge is 2.05. The SMILES string of the molecule is Cc1c2ccccc2cc2cccc(N)c12. The minimum atomic E-state index is 0.862. The summed E-state index contributed by atoms with van der Waals surface area (Å²) in [4.78, 5) is 0. The van der Waals surface area contributed by atoms with Gasteiger partial charge in [-0.2, -0.15) is 0 Å². The zero-order valence-corrected chi connectivity index (χ0v) is 9.20. The van der Waals surface area contributed by atoms with Gasteiger partial charge in [0.15, 0.2) is 0 Å². The molecular weight excluding hydrogens is 194 g/mol. The van der Waals surface area contributed by atoms with Crippen LogP contribution in [0.2, 0.25) is 0 Å². The average molecular weight is 207 g/mol. The van der Waals surface area contributed by atoms with Crippen molar-refractivity contribution in [2.24, 2.45) is 0 Å². The third kappa shape index (κ3) is 1.18. The van der Waals surface area contributed by atoms with Crippen LogP contribution < -0.4 is 5.73 Å². The van der Waals surface area contributed by atoms with Gasteiger partial charge >= 0.3 is 0 Å². The minimum absolute atomic E-state index is 0.862. The summed E-state index contributed by atoms with van der Waals surface area (Å²) < 4.78 is 0. The van der Waals surface area contributed by atoms with Gasteiger partial charge in [0.25, 0.3) is 0 Å². The van der Waals surface area contributed by atoms with Crippen LogP contribution in [-0.2, 0) is 0 Å². The molecule has 0 aliphatic rings. The van der Waals surface area contributed by atoms with E-state index in [0.29, 0.717) is 0 Å². The Morgan fingerprint density at radius 3 is 2.50 bits per heavy atom. The van der Waals surface area contributed by atoms with Gasteiger partial charge in [-0.3, -0.25) is 0 Å². The summed E-state index contributed by atoms with van der Waals surface area (Å²) in [6.07, 6.45) is 0. The van der Waals surface area contributed by atoms with Crippen LogP contribution in [0.5, 0.6) is 0 Å². The number of aryl methyl sites for hydroxylation is 1. The zero-order valence-electron chi connectivity index (χ0n) is 9.20. The number of hydrogen-bond donors (Lipinski definition) is 1. The van der Waals surface area contributed by atoms with Crippen LogP contribution in [0.25, 0.3) is 21.5 Å². The fourth-order valence-electron chi connectivity index (χ4n) is 2.41. The Morgan fingerprint density at radius 1 is 0.875 bits per heavy atom. The first kappa shape index (κ1) is 9.22. The summed E-state index contributed by atoms with van der Waals surface area (Å²) in [6, 6.07) is 16.7. The third-order valence-corrected chi connectivity index (χ3v) is 3.18. The Balaban J connectivity index is 2.62. The van der Waals surface area contributed by atoms with Gasteiger partial charge in [0.05, 0.1) is 0 Å². The van der Waals surface area contributed by atoms with Crippen LogP contribution in [0.3, 0.4) is 0 Å². The minimum Gasteiger partial charge on any atom is -0.398 e. The fraction of sp³-hybridized carbons (Fsp3) is 0.0667. The van der Waals surface area contributed by atoms with Crippen LogP contribution in [0.15, 0.2) is 48.5 Å². The number of nitrogen functional groups attached to an aromatic ring is 1. The number of hydrogen-bond acceptors (Lipinski definition) is 1. The molecule has 1 nitrogen and oxygen atoms in total. The molecule has 78 valence electrons. The van der Waals surface area contributed by atoms with Gasteiger partial charge in [-0.25, -0.2) is 0 Å². The standard InChI is InChI=1S/C15H13N/c1-10-13-7-3-2-5-11(13)9-12-6-4-8-14(16)15(10)12/h2-9H,16H2,1H3. The third-order valence-electron chi connectivity index (χ3n) is 3.18. The molecule has 0 unspecified atom stereocenters. The Morgan fingerprint density at radius 2 is 1.62 bits per heavy atom. The first-order valence-corrected chi connectivity index (χ1v) is 5.44. The largest absolute Gasteiger partial charge is 0.398 e. The average Bonchev–Trinajstić information content (AvgIpc) is 2.29. The molecule has 0 aromatic heterocycles. The van der Waals surface area contributed by atoms with Gasteiger partial charge in [-0.15, -0.1) is 0 Å². The van der Waals surface area contributed by atoms with Crippen LogP contribution in [-0.4, -0.2) is 0 Å². The van der Waals surface area contributed by atoms with E-state index in [-0.39, 0.29) is 0 Å². The second-order valence-electron chi connectivity index (χ2n) is 4.17. The molecule has 3 rings (SSSR count). The number of fused-ring (bicyclic) bond motifs is 2. The molecule has 0 fully saturated rings. The maximum absolute atomic E-state index is 6.05. The highest BCUT2D eigenvalue weighted by Crippen LogP contribution is 2.31. The van der Waals surface area contributed by atoms with Crippen molar-refractivity contribution < 1.29 is 0 Å². The van der Waals surface area contributed by atoms with E-state index in [0.717, 1.165) is 5.69 Å². The predicted octanol–water partition coefficient (Wildman–Crippen LogP) is 3.88. The molecule has 0 saturated carbocycles. The Bertz CT molecular complexity index is 683. The Kier molecular flexibility index (Phi) is 1.87. The van der Waals surface area contributed by atoms with Crippen molar-refractivity contribution in [3.8, 4) is 0 Å². The van der Waals surface area contributed by atoms with Gasteiger partial charge in [-0.05, 0) is 40.8 Å². The monoisotopic (exact) mass is 207 g/mol. The van der Waals surface area contributed by atoms with E-state index >= 15 is 0 Å². The molecular formula is C15H13N. The first-order chi connectivity index (χ1) is 7.77. The van der Waals surface area contributed by atoms with Crippen LogP contribution in [0, 0.1) is 6.92 Å². The molecule has 0 aliphatic carbocycles. The zero-order chi connectivity index (χ0) is 11.1. The second-order valence-corrected chi connectivity index (χ2v) is 4.17. The van der Waals surface area contributed by atoms with E-state index in [4.69, 9.17) is 5.73 Å². The lowest BCUT2D eigenvalue weighted by atomic mass is 9.97. The van der Waals surface area contributed by atoms with Crippen molar-refractivity contribution in [1.82, 2.24) is 0 Å². The highest BCUT2D eigenvalue weighted by atomic mass is 14.5. The molecule has 3 aromatic carbocycles. The summed E-state index contributed by atoms with van der Waals surface area (Å²) >= 11 is 0. The van der Waals surface area contributed by atoms with E-state index in [2.05, 4.69) is 43.3 Å². The van der Waals surface area contributed by atoms with Crippen LogP contribution in [0.4, 0.5) is 5.69 Å². The molecule has 0 spiro atoms. The van der Waals surface area contributed by atoms with Crippen molar-refractivity contribution in [1.29, 1.82) is 0 Å². The maximum atomic E-state index is 6.05. The van der Waals surface area contributed by atoms with Gasteiger partial charge in [0.1, 0.15) is 0 Å². The summed E-state index contributed by atoms with van der Waals surface area (Å²) in [6.45, 7) is 2.14. The molecule has 1 heteroatoms. The Labute approximate surface area is 94.5 Å². The van der Waals surface area contributed by atoms with Gasteiger partial charge in [0.2, 0.25) is 0 Å². The van der Waals surface area contributed by atoms with Crippen molar-refractivity contribution in [3.05, 3.63) is 54.1 Å². The molecule has 2 N–H and O–H groups in total. The smallest absolute Gasteiger partial charge is 0.0396 e. The fourth-order valence-corrected chi connectivity index (χ4v) is 2.41. The molecule has 0 saturated heterocycles. The second kappa shape index (κ2) is 3.24. The lowest BCUT2D eigenvalue weighted by Gasteiger charge is -2.09. The molecule has 0 radical (unpaired) electrons. The van der Waals surface area contributed by atoms with E-state index in [1.54, 1.807) is 0 Å². The summed E-state index contributed by atoms with van der Waals surface area (Å²) in [5.41, 5.74) is 8.18. The molecule has 0 atom stereocenters. The van der Waals surface area contributed by atoms with E-state index in [9.17, 15) is 0 Å². The van der Waals surface area contributed by atoms with E-state index in [1.165, 1.54) is 27.1 Å².